The van der Waals surface area contributed by atoms with Gasteiger partial charge in [-0.05, 0) is 49.4 Å². The van der Waals surface area contributed by atoms with Crippen molar-refractivity contribution >= 4 is 0 Å². The smallest absolute Gasteiger partial charge is 0.0822 e. The van der Waals surface area contributed by atoms with Crippen molar-refractivity contribution < 1.29 is 28.5 Å². The zero-order chi connectivity index (χ0) is 12.8. The van der Waals surface area contributed by atoms with Crippen LogP contribution >= 0.6 is 0 Å². The monoisotopic (exact) mass is 375 g/mol. The molecule has 0 aromatic heterocycles. The van der Waals surface area contributed by atoms with Crippen LogP contribution in [0.1, 0.15) is 52.4 Å². The molecule has 0 aromatic rings. The second-order valence-electron chi connectivity index (χ2n) is 7.92. The van der Waals surface area contributed by atoms with Crippen LogP contribution in [-0.4, -0.2) is 31.2 Å². The van der Waals surface area contributed by atoms with Crippen molar-refractivity contribution in [1.29, 1.82) is 0 Å². The molecule has 1 aliphatic heterocycles. The van der Waals surface area contributed by atoms with Gasteiger partial charge in [0.15, 0.2) is 0 Å². The Balaban J connectivity index is 0.00000133. The average molecular weight is 375 g/mol. The number of nitrogens with zero attached hydrogens (tertiary/aromatic N) is 1. The quantitative estimate of drug-likeness (QED) is 0.392. The first-order chi connectivity index (χ1) is 8.51. The highest BCUT2D eigenvalue weighted by molar-refractivity contribution is 5.23. The lowest BCUT2D eigenvalue weighted by Crippen LogP contribution is -3.00. The summed E-state index contributed by atoms with van der Waals surface area (Å²) in [5.41, 5.74) is 2.43. The first kappa shape index (κ1) is 15.8. The number of fused-ring (bicyclic) bond motifs is 1. The Kier molecular flexibility index (Phi) is 4.72. The second kappa shape index (κ2) is 5.67. The van der Waals surface area contributed by atoms with Crippen LogP contribution in [0.4, 0.5) is 0 Å². The number of hydrogen-bond acceptors (Lipinski definition) is 0. The molecule has 19 heavy (non-hydrogen) atoms. The van der Waals surface area contributed by atoms with Crippen molar-refractivity contribution in [3.63, 3.8) is 0 Å². The minimum Gasteiger partial charge on any atom is -1.00 e. The van der Waals surface area contributed by atoms with E-state index in [1.165, 1.54) is 62.6 Å². The fourth-order valence-corrected chi connectivity index (χ4v) is 4.66. The molecule has 4 rings (SSSR count). The molecule has 1 heterocycles. The van der Waals surface area contributed by atoms with E-state index in [1.807, 2.05) is 5.57 Å². The maximum atomic E-state index is 2.60. The molecule has 1 saturated heterocycles. The summed E-state index contributed by atoms with van der Waals surface area (Å²) in [5.74, 6) is 1.92. The molecular formula is C17H30IN. The number of allylic oxidation sites excluding steroid dienone is 1. The molecule has 2 heteroatoms. The third kappa shape index (κ3) is 2.90. The molecule has 4 aliphatic rings. The Labute approximate surface area is 136 Å². The average Bonchev–Trinajstić information content (AvgIpc) is 2.37. The van der Waals surface area contributed by atoms with Gasteiger partial charge in [-0.3, -0.25) is 0 Å². The molecule has 0 spiro atoms. The first-order valence-electron chi connectivity index (χ1n) is 8.04. The molecule has 1 nitrogen and oxygen atoms in total. The van der Waals surface area contributed by atoms with Gasteiger partial charge in [-0.15, -0.1) is 0 Å². The number of quaternary nitrogens is 1. The molecule has 110 valence electrons. The lowest BCUT2D eigenvalue weighted by molar-refractivity contribution is -0.913. The van der Waals surface area contributed by atoms with E-state index in [4.69, 9.17) is 0 Å². The summed E-state index contributed by atoms with van der Waals surface area (Å²) in [6.45, 7) is 9.23. The van der Waals surface area contributed by atoms with Crippen LogP contribution in [0.25, 0.3) is 0 Å². The van der Waals surface area contributed by atoms with Crippen LogP contribution < -0.4 is 24.0 Å². The summed E-state index contributed by atoms with van der Waals surface area (Å²) in [5, 5.41) is 0. The van der Waals surface area contributed by atoms with Gasteiger partial charge in [-0.2, -0.15) is 0 Å². The van der Waals surface area contributed by atoms with E-state index in [0.717, 1.165) is 11.8 Å². The highest BCUT2D eigenvalue weighted by Gasteiger charge is 2.51. The van der Waals surface area contributed by atoms with E-state index in [-0.39, 0.29) is 24.0 Å². The normalized spacial score (nSPS) is 34.8. The van der Waals surface area contributed by atoms with Crippen LogP contribution in [0.3, 0.4) is 0 Å². The summed E-state index contributed by atoms with van der Waals surface area (Å²) in [4.78, 5) is 0. The van der Waals surface area contributed by atoms with Crippen molar-refractivity contribution in [1.82, 2.24) is 0 Å². The van der Waals surface area contributed by atoms with Crippen molar-refractivity contribution in [3.05, 3.63) is 11.6 Å². The topological polar surface area (TPSA) is 0 Å². The Bertz CT molecular complexity index is 352. The molecule has 1 saturated carbocycles. The van der Waals surface area contributed by atoms with Crippen LogP contribution in [0.2, 0.25) is 0 Å². The molecule has 0 aromatic carbocycles. The van der Waals surface area contributed by atoms with Gasteiger partial charge in [0.05, 0.1) is 26.7 Å². The number of likely N-dealkylation sites (tertiary alicyclic amines) is 1. The number of rotatable bonds is 3. The largest absolute Gasteiger partial charge is 1.00 e. The zero-order valence-corrected chi connectivity index (χ0v) is 15.1. The van der Waals surface area contributed by atoms with Gasteiger partial charge in [0.1, 0.15) is 0 Å². The minimum atomic E-state index is 0. The van der Waals surface area contributed by atoms with Gasteiger partial charge in [-0.1, -0.05) is 25.5 Å². The van der Waals surface area contributed by atoms with Gasteiger partial charge < -0.3 is 28.5 Å². The maximum absolute atomic E-state index is 2.60. The van der Waals surface area contributed by atoms with Crippen LogP contribution in [0.15, 0.2) is 11.6 Å². The predicted octanol–water partition coefficient (Wildman–Crippen LogP) is 1.00. The van der Waals surface area contributed by atoms with Gasteiger partial charge in [0.25, 0.3) is 0 Å². The van der Waals surface area contributed by atoms with Crippen LogP contribution in [0.5, 0.6) is 0 Å². The summed E-state index contributed by atoms with van der Waals surface area (Å²) < 4.78 is 1.34. The van der Waals surface area contributed by atoms with Crippen molar-refractivity contribution in [2.24, 2.45) is 17.3 Å². The fourth-order valence-electron chi connectivity index (χ4n) is 4.66. The molecular weight excluding hydrogens is 345 g/mol. The second-order valence-corrected chi connectivity index (χ2v) is 7.92. The van der Waals surface area contributed by atoms with Crippen LogP contribution in [0, 0.1) is 17.3 Å². The van der Waals surface area contributed by atoms with E-state index in [0.29, 0.717) is 5.41 Å². The number of hydrogen-bond donors (Lipinski definition) is 0. The Morgan fingerprint density at radius 1 is 1.21 bits per heavy atom. The third-order valence-electron chi connectivity index (χ3n) is 6.42. The van der Waals surface area contributed by atoms with E-state index in [1.54, 1.807) is 0 Å². The number of piperidine rings is 1. The molecule has 0 radical (unpaired) electrons. The third-order valence-corrected chi connectivity index (χ3v) is 6.42. The standard InChI is InChI=1S/C17H30N.HI/c1-17(2)15-8-7-14(16(17)13-15)9-12-18(3)10-5-4-6-11-18;/h7,15-16H,4-6,8-13H2,1-3H3;1H/q+1;/p-1. The first-order valence-corrected chi connectivity index (χ1v) is 8.04. The highest BCUT2D eigenvalue weighted by atomic mass is 127. The van der Waals surface area contributed by atoms with Gasteiger partial charge in [0, 0.05) is 6.42 Å². The molecule has 2 unspecified atom stereocenters. The molecule has 3 aliphatic carbocycles. The molecule has 2 fully saturated rings. The van der Waals surface area contributed by atoms with Crippen LogP contribution in [-0.2, 0) is 0 Å². The molecule has 0 N–H and O–H groups in total. The Morgan fingerprint density at radius 3 is 2.47 bits per heavy atom. The van der Waals surface area contributed by atoms with Gasteiger partial charge in [-0.25, -0.2) is 0 Å². The molecule has 2 bridgehead atoms. The van der Waals surface area contributed by atoms with Crippen molar-refractivity contribution in [2.45, 2.75) is 52.4 Å². The van der Waals surface area contributed by atoms with E-state index in [9.17, 15) is 0 Å². The van der Waals surface area contributed by atoms with Gasteiger partial charge >= 0.3 is 0 Å². The summed E-state index contributed by atoms with van der Waals surface area (Å²) >= 11 is 0. The zero-order valence-electron chi connectivity index (χ0n) is 12.9. The van der Waals surface area contributed by atoms with E-state index in [2.05, 4.69) is 27.0 Å². The lowest BCUT2D eigenvalue weighted by Gasteiger charge is -2.56. The summed E-state index contributed by atoms with van der Waals surface area (Å²) in [7, 11) is 2.48. The molecule has 0 amide bonds. The van der Waals surface area contributed by atoms with E-state index < -0.39 is 0 Å². The predicted molar refractivity (Wildman–Crippen MR) is 77.3 cm³/mol. The summed E-state index contributed by atoms with van der Waals surface area (Å²) in [6, 6.07) is 0. The van der Waals surface area contributed by atoms with Crippen molar-refractivity contribution in [2.75, 3.05) is 26.7 Å². The highest BCUT2D eigenvalue weighted by Crippen LogP contribution is 2.59. The fraction of sp³-hybridized carbons (Fsp3) is 0.882. The lowest BCUT2D eigenvalue weighted by atomic mass is 9.48. The van der Waals surface area contributed by atoms with Crippen molar-refractivity contribution in [3.8, 4) is 0 Å². The van der Waals surface area contributed by atoms with E-state index >= 15 is 0 Å². The Morgan fingerprint density at radius 2 is 1.89 bits per heavy atom. The summed E-state index contributed by atoms with van der Waals surface area (Å²) in [6.07, 6.45) is 11.2. The maximum Gasteiger partial charge on any atom is 0.0822 e. The van der Waals surface area contributed by atoms with Gasteiger partial charge in [0.2, 0.25) is 0 Å². The minimum absolute atomic E-state index is 0. The Hall–Kier alpha value is 0.430. The number of halogens is 1. The molecule has 2 atom stereocenters. The SMILES string of the molecule is CC1(C)C2CC=C(CC[N+]3(C)CCCCC3)C1C2.[I-].